The van der Waals surface area contributed by atoms with Crippen molar-refractivity contribution in [1.82, 2.24) is 15.3 Å². The number of halogens is 1. The zero-order valence-electron chi connectivity index (χ0n) is 17.3. The second-order valence-corrected chi connectivity index (χ2v) is 8.57. The van der Waals surface area contributed by atoms with E-state index in [-0.39, 0.29) is 11.9 Å². The summed E-state index contributed by atoms with van der Waals surface area (Å²) in [6.07, 6.45) is 5.15. The minimum absolute atomic E-state index is 0.0928. The van der Waals surface area contributed by atoms with Crippen LogP contribution in [0.25, 0.3) is 22.0 Å². The maximum Gasteiger partial charge on any atom is 0.207 e. The molecule has 2 N–H and O–H groups in total. The van der Waals surface area contributed by atoms with Crippen molar-refractivity contribution in [2.45, 2.75) is 44.2 Å². The van der Waals surface area contributed by atoms with E-state index in [1.807, 2.05) is 31.3 Å². The van der Waals surface area contributed by atoms with E-state index in [2.05, 4.69) is 15.3 Å². The molecule has 6 nitrogen and oxygen atoms in total. The summed E-state index contributed by atoms with van der Waals surface area (Å²) in [6.45, 7) is 3.02. The summed E-state index contributed by atoms with van der Waals surface area (Å²) < 4.78 is 31.6. The van der Waals surface area contributed by atoms with Gasteiger partial charge in [0.2, 0.25) is 11.3 Å². The fraction of sp³-hybridized carbons (Fsp3) is 0.375. The summed E-state index contributed by atoms with van der Waals surface area (Å²) in [4.78, 5) is 7.65. The number of oxazole rings is 1. The Morgan fingerprint density at radius 3 is 3.10 bits per heavy atom. The topological polar surface area (TPSA) is 72.3 Å². The smallest absolute Gasteiger partial charge is 0.207 e. The van der Waals surface area contributed by atoms with Gasteiger partial charge in [-0.3, -0.25) is 0 Å². The Morgan fingerprint density at radius 1 is 1.23 bits per heavy atom. The minimum Gasteiger partial charge on any atom is -0.486 e. The molecule has 0 saturated heterocycles. The largest absolute Gasteiger partial charge is 0.486 e. The number of hydrogen-bond donors (Lipinski definition) is 2. The molecule has 2 aliphatic rings. The Balaban J connectivity index is 1.11. The summed E-state index contributed by atoms with van der Waals surface area (Å²) in [5, 5.41) is 4.65. The average Bonchev–Trinajstić information content (AvgIpc) is 3.49. The number of benzene rings is 2. The lowest BCUT2D eigenvalue weighted by Gasteiger charge is -2.27. The fourth-order valence-electron chi connectivity index (χ4n) is 4.97. The summed E-state index contributed by atoms with van der Waals surface area (Å²) in [5.41, 5.74) is 3.63. The van der Waals surface area contributed by atoms with E-state index in [0.717, 1.165) is 35.7 Å². The van der Waals surface area contributed by atoms with Gasteiger partial charge in [-0.25, -0.2) is 9.37 Å². The molecule has 1 saturated carbocycles. The Hall–Kier alpha value is -3.06. The van der Waals surface area contributed by atoms with E-state index in [1.54, 1.807) is 6.07 Å². The number of hydrogen-bond acceptors (Lipinski definition) is 5. The first-order valence-corrected chi connectivity index (χ1v) is 10.8. The third kappa shape index (κ3) is 3.33. The van der Waals surface area contributed by atoms with Crippen LogP contribution in [0.2, 0.25) is 0 Å². The number of aryl methyl sites for hydroxylation is 1. The Bertz CT molecular complexity index is 1260. The van der Waals surface area contributed by atoms with Crippen LogP contribution in [0.1, 0.15) is 36.6 Å². The lowest BCUT2D eigenvalue weighted by Crippen LogP contribution is -2.41. The van der Waals surface area contributed by atoms with Crippen molar-refractivity contribution in [3.63, 3.8) is 0 Å². The van der Waals surface area contributed by atoms with Gasteiger partial charge in [0.05, 0.1) is 0 Å². The van der Waals surface area contributed by atoms with E-state index in [4.69, 9.17) is 13.9 Å². The van der Waals surface area contributed by atoms with Gasteiger partial charge in [-0.2, -0.15) is 0 Å². The van der Waals surface area contributed by atoms with Crippen molar-refractivity contribution >= 4 is 22.0 Å². The first-order valence-electron chi connectivity index (χ1n) is 10.8. The number of nitrogens with one attached hydrogen (secondary N) is 2. The maximum absolute atomic E-state index is 13.7. The Kier molecular flexibility index (Phi) is 4.38. The molecule has 3 heterocycles. The zero-order valence-corrected chi connectivity index (χ0v) is 17.3. The van der Waals surface area contributed by atoms with Crippen molar-refractivity contribution in [2.24, 2.45) is 0 Å². The van der Waals surface area contributed by atoms with Crippen LogP contribution in [-0.4, -0.2) is 35.3 Å². The van der Waals surface area contributed by atoms with E-state index >= 15 is 0 Å². The molecule has 31 heavy (non-hydrogen) atoms. The minimum atomic E-state index is -0.188. The quantitative estimate of drug-likeness (QED) is 0.494. The fourth-order valence-corrected chi connectivity index (χ4v) is 4.97. The molecule has 3 atom stereocenters. The SMILES string of the molecule is Cc1nc2ccc3c(c2o1)O[C@@H](CN[C@@H]1CC[C@@H](c2c[nH]c4ccc(F)cc24)C1)CO3. The van der Waals surface area contributed by atoms with Crippen LogP contribution in [0, 0.1) is 12.7 Å². The Morgan fingerprint density at radius 2 is 2.16 bits per heavy atom. The number of aromatic amines is 1. The lowest BCUT2D eigenvalue weighted by molar-refractivity contribution is 0.0888. The summed E-state index contributed by atoms with van der Waals surface area (Å²) in [6, 6.07) is 9.12. The van der Waals surface area contributed by atoms with Crippen molar-refractivity contribution in [3.05, 3.63) is 53.8 Å². The van der Waals surface area contributed by atoms with Crippen LogP contribution < -0.4 is 14.8 Å². The first kappa shape index (κ1) is 18.7. The highest BCUT2D eigenvalue weighted by Gasteiger charge is 2.30. The highest BCUT2D eigenvalue weighted by Crippen LogP contribution is 2.40. The summed E-state index contributed by atoms with van der Waals surface area (Å²) in [7, 11) is 0. The number of nitrogens with zero attached hydrogens (tertiary/aromatic N) is 1. The highest BCUT2D eigenvalue weighted by atomic mass is 19.1. The maximum atomic E-state index is 13.7. The van der Waals surface area contributed by atoms with Gasteiger partial charge in [0.1, 0.15) is 24.0 Å². The van der Waals surface area contributed by atoms with Gasteiger partial charge >= 0.3 is 0 Å². The lowest BCUT2D eigenvalue weighted by atomic mass is 9.97. The van der Waals surface area contributed by atoms with E-state index in [1.165, 1.54) is 11.6 Å². The van der Waals surface area contributed by atoms with Crippen LogP contribution in [0.4, 0.5) is 4.39 Å². The molecular formula is C24H24FN3O3. The Labute approximate surface area is 178 Å². The zero-order chi connectivity index (χ0) is 20.9. The molecule has 4 aromatic rings. The number of ether oxygens (including phenoxy) is 2. The molecule has 2 aromatic carbocycles. The van der Waals surface area contributed by atoms with Gasteiger partial charge in [-0.1, -0.05) is 0 Å². The molecule has 0 unspecified atom stereocenters. The van der Waals surface area contributed by atoms with Crippen molar-refractivity contribution < 1.29 is 18.3 Å². The third-order valence-corrected chi connectivity index (χ3v) is 6.47. The molecular weight excluding hydrogens is 397 g/mol. The molecule has 0 bridgehead atoms. The molecule has 1 aliphatic heterocycles. The predicted octanol–water partition coefficient (Wildman–Crippen LogP) is 4.82. The van der Waals surface area contributed by atoms with Crippen LogP contribution in [0.15, 0.2) is 40.9 Å². The van der Waals surface area contributed by atoms with Crippen LogP contribution >= 0.6 is 0 Å². The van der Waals surface area contributed by atoms with E-state index in [0.29, 0.717) is 48.1 Å². The normalized spacial score (nSPS) is 23.1. The monoisotopic (exact) mass is 421 g/mol. The van der Waals surface area contributed by atoms with E-state index in [9.17, 15) is 4.39 Å². The molecule has 0 amide bonds. The van der Waals surface area contributed by atoms with Gasteiger partial charge in [-0.05, 0) is 61.1 Å². The third-order valence-electron chi connectivity index (χ3n) is 6.47. The number of H-pyrrole nitrogens is 1. The van der Waals surface area contributed by atoms with Gasteiger partial charge in [0, 0.05) is 36.6 Å². The van der Waals surface area contributed by atoms with Crippen molar-refractivity contribution in [2.75, 3.05) is 13.2 Å². The van der Waals surface area contributed by atoms with Crippen LogP contribution in [0.3, 0.4) is 0 Å². The number of aromatic nitrogens is 2. The molecule has 6 rings (SSSR count). The van der Waals surface area contributed by atoms with Crippen molar-refractivity contribution in [3.8, 4) is 11.5 Å². The molecule has 7 heteroatoms. The van der Waals surface area contributed by atoms with E-state index < -0.39 is 0 Å². The van der Waals surface area contributed by atoms with Gasteiger partial charge in [0.25, 0.3) is 0 Å². The number of rotatable bonds is 4. The van der Waals surface area contributed by atoms with Gasteiger partial charge < -0.3 is 24.2 Å². The molecule has 160 valence electrons. The molecule has 2 aromatic heterocycles. The van der Waals surface area contributed by atoms with Crippen molar-refractivity contribution in [1.29, 1.82) is 0 Å². The first-order chi connectivity index (χ1) is 15.1. The average molecular weight is 421 g/mol. The highest BCUT2D eigenvalue weighted by molar-refractivity contribution is 5.84. The number of fused-ring (bicyclic) bond motifs is 4. The molecule has 0 spiro atoms. The van der Waals surface area contributed by atoms with Crippen LogP contribution in [0.5, 0.6) is 11.5 Å². The van der Waals surface area contributed by atoms with Gasteiger partial charge in [-0.15, -0.1) is 0 Å². The molecule has 0 radical (unpaired) electrons. The predicted molar refractivity (Wildman–Crippen MR) is 115 cm³/mol. The standard InChI is InChI=1S/C24H24FN3O3/c1-13-28-21-6-7-22-24(23(21)30-13)31-17(12-29-22)10-26-16-4-2-14(8-16)19-11-27-20-5-3-15(25)9-18(19)20/h3,5-7,9,11,14,16-17,26-27H,2,4,8,10,12H2,1H3/t14-,16-,17+/m1/s1. The molecule has 1 fully saturated rings. The molecule has 1 aliphatic carbocycles. The second kappa shape index (κ2) is 7.27. The van der Waals surface area contributed by atoms with Crippen LogP contribution in [-0.2, 0) is 0 Å². The summed E-state index contributed by atoms with van der Waals surface area (Å²) in [5.74, 6) is 2.19. The van der Waals surface area contributed by atoms with Gasteiger partial charge in [0.15, 0.2) is 11.6 Å². The second-order valence-electron chi connectivity index (χ2n) is 8.57. The summed E-state index contributed by atoms with van der Waals surface area (Å²) >= 11 is 0.